The number of hydrogen-bond acceptors (Lipinski definition) is 6. The van der Waals surface area contributed by atoms with Gasteiger partial charge in [0.25, 0.3) is 0 Å². The van der Waals surface area contributed by atoms with Gasteiger partial charge in [-0.05, 0) is 57.8 Å². The van der Waals surface area contributed by atoms with Crippen molar-refractivity contribution in [2.24, 2.45) is 0 Å². The highest BCUT2D eigenvalue weighted by Crippen LogP contribution is 2.14. The number of hydrogen-bond donors (Lipinski definition) is 1. The van der Waals surface area contributed by atoms with E-state index in [9.17, 15) is 19.5 Å². The molecule has 0 radical (unpaired) electrons. The van der Waals surface area contributed by atoms with Crippen molar-refractivity contribution in [3.63, 3.8) is 0 Å². The summed E-state index contributed by atoms with van der Waals surface area (Å²) in [5.74, 6) is -1.49. The number of quaternary nitrogens is 1. The minimum atomic E-state index is -0.879. The van der Waals surface area contributed by atoms with Crippen LogP contribution >= 0.6 is 0 Å². The largest absolute Gasteiger partial charge is 0.477 e. The van der Waals surface area contributed by atoms with Crippen LogP contribution in [0, 0.1) is 0 Å². The standard InChI is InChI=1S/C50H87NO7/c1-6-8-10-12-14-16-18-20-21-22-23-24-25-26-27-28-29-31-33-35-37-39-41-49(53)58-46(44-56-43-42-47(50(54)55)51(3,4)5)45-57-48(52)40-38-36-34-32-30-19-17-15-13-11-9-7-2/h8,10,14,16,20-21,23-24,26-27,46-47H,6-7,9,11-13,15,17-19,22,25,28-45H2,1-5H3/p+1/b10-8+,16-14+,21-20+,24-23+,27-26+. The zero-order valence-electron chi connectivity index (χ0n) is 38.0. The van der Waals surface area contributed by atoms with Crippen LogP contribution in [0.1, 0.15) is 187 Å². The van der Waals surface area contributed by atoms with E-state index in [4.69, 9.17) is 14.2 Å². The number of carbonyl (C=O) groups is 3. The highest BCUT2D eigenvalue weighted by Gasteiger charge is 2.31. The lowest BCUT2D eigenvalue weighted by molar-refractivity contribution is -0.887. The fourth-order valence-electron chi connectivity index (χ4n) is 6.59. The van der Waals surface area contributed by atoms with E-state index in [0.717, 1.165) is 83.5 Å². The molecule has 2 atom stereocenters. The maximum absolute atomic E-state index is 12.7. The molecule has 334 valence electrons. The van der Waals surface area contributed by atoms with Gasteiger partial charge in [-0.1, -0.05) is 171 Å². The van der Waals surface area contributed by atoms with Gasteiger partial charge in [0.1, 0.15) is 6.61 Å². The van der Waals surface area contributed by atoms with Crippen LogP contribution in [-0.2, 0) is 28.6 Å². The van der Waals surface area contributed by atoms with Gasteiger partial charge in [0, 0.05) is 19.3 Å². The Morgan fingerprint density at radius 3 is 1.43 bits per heavy atom. The summed E-state index contributed by atoms with van der Waals surface area (Å²) in [4.78, 5) is 37.0. The van der Waals surface area contributed by atoms with Crippen LogP contribution in [0.3, 0.4) is 0 Å². The third-order valence-electron chi connectivity index (χ3n) is 10.2. The molecule has 0 saturated carbocycles. The molecule has 0 aromatic carbocycles. The Kier molecular flexibility index (Phi) is 38.7. The van der Waals surface area contributed by atoms with Crippen LogP contribution in [0.5, 0.6) is 0 Å². The highest BCUT2D eigenvalue weighted by molar-refractivity contribution is 5.72. The van der Waals surface area contributed by atoms with Crippen LogP contribution in [0.4, 0.5) is 0 Å². The average molecular weight is 815 g/mol. The fourth-order valence-corrected chi connectivity index (χ4v) is 6.59. The molecule has 0 aromatic rings. The Morgan fingerprint density at radius 1 is 0.534 bits per heavy atom. The van der Waals surface area contributed by atoms with Crippen LogP contribution in [0.15, 0.2) is 60.8 Å². The van der Waals surface area contributed by atoms with Gasteiger partial charge in [-0.15, -0.1) is 0 Å². The summed E-state index contributed by atoms with van der Waals surface area (Å²) >= 11 is 0. The van der Waals surface area contributed by atoms with E-state index < -0.39 is 18.1 Å². The van der Waals surface area contributed by atoms with E-state index in [1.165, 1.54) is 70.6 Å². The Labute approximate surface area is 356 Å². The second kappa shape index (κ2) is 40.8. The molecule has 0 fully saturated rings. The second-order valence-corrected chi connectivity index (χ2v) is 16.6. The van der Waals surface area contributed by atoms with Gasteiger partial charge in [-0.2, -0.15) is 0 Å². The lowest BCUT2D eigenvalue weighted by Crippen LogP contribution is -2.50. The van der Waals surface area contributed by atoms with Crippen molar-refractivity contribution in [3.8, 4) is 0 Å². The molecule has 2 unspecified atom stereocenters. The normalized spacial score (nSPS) is 13.5. The lowest BCUT2D eigenvalue weighted by Gasteiger charge is -2.31. The summed E-state index contributed by atoms with van der Waals surface area (Å²) in [7, 11) is 5.52. The first-order chi connectivity index (χ1) is 28.1. The first-order valence-corrected chi connectivity index (χ1v) is 23.3. The summed E-state index contributed by atoms with van der Waals surface area (Å²) in [6, 6.07) is -0.618. The van der Waals surface area contributed by atoms with Gasteiger partial charge >= 0.3 is 17.9 Å². The van der Waals surface area contributed by atoms with Gasteiger partial charge < -0.3 is 23.8 Å². The van der Waals surface area contributed by atoms with Gasteiger partial charge in [-0.25, -0.2) is 4.79 Å². The van der Waals surface area contributed by atoms with E-state index in [1.807, 2.05) is 21.1 Å². The molecule has 0 spiro atoms. The van der Waals surface area contributed by atoms with Crippen LogP contribution < -0.4 is 0 Å². The molecule has 0 saturated heterocycles. The van der Waals surface area contributed by atoms with Gasteiger partial charge in [0.05, 0.1) is 34.4 Å². The number of carboxylic acids is 1. The van der Waals surface area contributed by atoms with E-state index in [-0.39, 0.29) is 36.2 Å². The Balaban J connectivity index is 4.32. The van der Waals surface area contributed by atoms with Gasteiger partial charge in [0.15, 0.2) is 12.1 Å². The molecule has 58 heavy (non-hydrogen) atoms. The number of carboxylic acid groups (broad SMARTS) is 1. The molecule has 0 aliphatic carbocycles. The zero-order valence-corrected chi connectivity index (χ0v) is 38.0. The Morgan fingerprint density at radius 2 is 0.966 bits per heavy atom. The molecule has 8 nitrogen and oxygen atoms in total. The summed E-state index contributed by atoms with van der Waals surface area (Å²) in [6.45, 7) is 4.60. The number of nitrogens with zero attached hydrogens (tertiary/aromatic N) is 1. The highest BCUT2D eigenvalue weighted by atomic mass is 16.6. The van der Waals surface area contributed by atoms with Crippen molar-refractivity contribution >= 4 is 17.9 Å². The van der Waals surface area contributed by atoms with Gasteiger partial charge in [-0.3, -0.25) is 9.59 Å². The zero-order chi connectivity index (χ0) is 42.8. The quantitative estimate of drug-likeness (QED) is 0.0284. The molecule has 8 heteroatoms. The SMILES string of the molecule is CC/C=C/C/C=C/C/C=C/C/C=C/C/C=C/CCCCCCCCC(=O)OC(COCCC(C(=O)O)[N+](C)(C)C)COC(=O)CCCCCCCCCCCCCC. The summed E-state index contributed by atoms with van der Waals surface area (Å²) < 4.78 is 17.3. The third-order valence-corrected chi connectivity index (χ3v) is 10.2. The molecule has 0 heterocycles. The monoisotopic (exact) mass is 815 g/mol. The Hall–Kier alpha value is -2.97. The molecule has 1 N–H and O–H groups in total. The first kappa shape index (κ1) is 55.0. The number of carbonyl (C=O) groups excluding carboxylic acids is 2. The van der Waals surface area contributed by atoms with Crippen molar-refractivity contribution in [1.82, 2.24) is 0 Å². The third kappa shape index (κ3) is 38.5. The molecule has 0 rings (SSSR count). The molecule has 0 aromatic heterocycles. The van der Waals surface area contributed by atoms with Crippen molar-refractivity contribution in [2.75, 3.05) is 41.0 Å². The summed E-state index contributed by atoms with van der Waals surface area (Å²) in [5.41, 5.74) is 0. The van der Waals surface area contributed by atoms with Crippen molar-refractivity contribution in [2.45, 2.75) is 199 Å². The minimum Gasteiger partial charge on any atom is -0.477 e. The van der Waals surface area contributed by atoms with Crippen LogP contribution in [-0.4, -0.2) is 80.6 Å². The van der Waals surface area contributed by atoms with Crippen molar-refractivity contribution in [1.29, 1.82) is 0 Å². The molecular formula is C50H88NO7+. The topological polar surface area (TPSA) is 99.1 Å². The lowest BCUT2D eigenvalue weighted by atomic mass is 10.0. The summed E-state index contributed by atoms with van der Waals surface area (Å²) in [5, 5.41) is 9.63. The van der Waals surface area contributed by atoms with E-state index >= 15 is 0 Å². The van der Waals surface area contributed by atoms with E-state index in [0.29, 0.717) is 19.3 Å². The van der Waals surface area contributed by atoms with Gasteiger partial charge in [0.2, 0.25) is 0 Å². The number of esters is 2. The minimum absolute atomic E-state index is 0.0546. The molecule has 0 amide bonds. The van der Waals surface area contributed by atoms with E-state index in [1.54, 1.807) is 0 Å². The number of ether oxygens (including phenoxy) is 3. The Bertz CT molecular complexity index is 1130. The number of rotatable bonds is 41. The maximum atomic E-state index is 12.7. The maximum Gasteiger partial charge on any atom is 0.362 e. The number of likely N-dealkylation sites (N-methyl/N-ethyl adjacent to an activating group) is 1. The van der Waals surface area contributed by atoms with Crippen LogP contribution in [0.2, 0.25) is 0 Å². The van der Waals surface area contributed by atoms with Crippen LogP contribution in [0.25, 0.3) is 0 Å². The predicted octanol–water partition coefficient (Wildman–Crippen LogP) is 13.0. The fraction of sp³-hybridized carbons (Fsp3) is 0.740. The molecule has 0 bridgehead atoms. The van der Waals surface area contributed by atoms with Crippen molar-refractivity contribution < 1.29 is 38.2 Å². The smallest absolute Gasteiger partial charge is 0.362 e. The predicted molar refractivity (Wildman–Crippen MR) is 243 cm³/mol. The average Bonchev–Trinajstić information content (AvgIpc) is 3.18. The second-order valence-electron chi connectivity index (χ2n) is 16.6. The molecule has 0 aliphatic heterocycles. The molecule has 0 aliphatic rings. The van der Waals surface area contributed by atoms with E-state index in [2.05, 4.69) is 74.6 Å². The molecular weight excluding hydrogens is 727 g/mol. The number of allylic oxidation sites excluding steroid dienone is 10. The number of aliphatic carboxylic acids is 1. The first-order valence-electron chi connectivity index (χ1n) is 23.3. The van der Waals surface area contributed by atoms with Crippen molar-refractivity contribution in [3.05, 3.63) is 60.8 Å². The summed E-state index contributed by atoms with van der Waals surface area (Å²) in [6.07, 6.45) is 49.7. The number of unbranched alkanes of at least 4 members (excludes halogenated alkanes) is 17.